The Hall–Kier alpha value is -1.75. The second kappa shape index (κ2) is 8.03. The van der Waals surface area contributed by atoms with Crippen molar-refractivity contribution in [1.82, 2.24) is 0 Å². The third-order valence-corrected chi connectivity index (χ3v) is 3.48. The van der Waals surface area contributed by atoms with Crippen LogP contribution in [-0.2, 0) is 16.1 Å². The van der Waals surface area contributed by atoms with Gasteiger partial charge in [-0.15, -0.1) is 0 Å². The van der Waals surface area contributed by atoms with Gasteiger partial charge in [0.05, 0.1) is 15.7 Å². The number of para-hydroxylation sites is 1. The number of nitrogens with zero attached hydrogens (tertiary/aromatic N) is 1. The lowest BCUT2D eigenvalue weighted by Gasteiger charge is -2.06. The van der Waals surface area contributed by atoms with Gasteiger partial charge in [-0.3, -0.25) is 5.43 Å². The van der Waals surface area contributed by atoms with Crippen LogP contribution in [0.5, 0.6) is 0 Å². The monoisotopic (exact) mass is 356 g/mol. The lowest BCUT2D eigenvalue weighted by atomic mass is 10.2. The predicted molar refractivity (Wildman–Crippen MR) is 89.6 cm³/mol. The summed E-state index contributed by atoms with van der Waals surface area (Å²) in [7, 11) is 0. The Bertz CT molecular complexity index is 670. The van der Waals surface area contributed by atoms with Crippen molar-refractivity contribution in [2.24, 2.45) is 5.10 Å². The first-order valence-corrected chi connectivity index (χ1v) is 7.35. The number of hydrogen-bond acceptors (Lipinski definition) is 4. The number of halogens is 3. The van der Waals surface area contributed by atoms with Gasteiger partial charge in [0.2, 0.25) is 5.17 Å². The zero-order valence-electron chi connectivity index (χ0n) is 11.2. The van der Waals surface area contributed by atoms with Gasteiger partial charge < -0.3 is 4.74 Å². The number of hydrogen-bond donors (Lipinski definition) is 1. The first kappa shape index (κ1) is 16.6. The molecule has 0 aliphatic rings. The second-order valence-electron chi connectivity index (χ2n) is 4.17. The molecule has 0 fully saturated rings. The molecule has 7 heteroatoms. The molecule has 1 N–H and O–H groups in total. The van der Waals surface area contributed by atoms with Crippen LogP contribution in [0.4, 0.5) is 5.69 Å². The minimum Gasteiger partial charge on any atom is -0.455 e. The fourth-order valence-electron chi connectivity index (χ4n) is 1.54. The van der Waals surface area contributed by atoms with Crippen LogP contribution in [-0.4, -0.2) is 11.1 Å². The van der Waals surface area contributed by atoms with E-state index in [9.17, 15) is 4.79 Å². The predicted octanol–water partition coefficient (Wildman–Crippen LogP) is 4.70. The van der Waals surface area contributed by atoms with E-state index in [4.69, 9.17) is 39.5 Å². The van der Waals surface area contributed by atoms with Gasteiger partial charge in [0, 0.05) is 0 Å². The van der Waals surface area contributed by atoms with Gasteiger partial charge in [-0.1, -0.05) is 71.2 Å². The molecular weight excluding hydrogens is 347 g/mol. The number of nitrogens with one attached hydrogen (secondary N) is 1. The Labute approximate surface area is 142 Å². The van der Waals surface area contributed by atoms with Crippen molar-refractivity contribution in [3.05, 3.63) is 64.1 Å². The van der Waals surface area contributed by atoms with Crippen LogP contribution in [0.2, 0.25) is 10.0 Å². The first-order valence-electron chi connectivity index (χ1n) is 6.22. The quantitative estimate of drug-likeness (QED) is 0.479. The normalized spacial score (nSPS) is 11.1. The van der Waals surface area contributed by atoms with Crippen LogP contribution in [0.15, 0.2) is 53.6 Å². The molecule has 2 rings (SSSR count). The summed E-state index contributed by atoms with van der Waals surface area (Å²) in [5.41, 5.74) is 3.76. The largest absolute Gasteiger partial charge is 0.455 e. The molecule has 2 aromatic carbocycles. The molecule has 0 amide bonds. The second-order valence-corrected chi connectivity index (χ2v) is 5.35. The Kier molecular flexibility index (Phi) is 6.07. The third-order valence-electron chi connectivity index (χ3n) is 2.61. The number of carbonyl (C=O) groups is 1. The zero-order chi connectivity index (χ0) is 15.9. The van der Waals surface area contributed by atoms with Crippen LogP contribution < -0.4 is 5.43 Å². The molecule has 4 nitrogen and oxygen atoms in total. The van der Waals surface area contributed by atoms with Gasteiger partial charge in [-0.25, -0.2) is 4.79 Å². The van der Waals surface area contributed by atoms with Crippen molar-refractivity contribution >= 4 is 51.6 Å². The highest BCUT2D eigenvalue weighted by molar-refractivity contribution is 6.82. The Balaban J connectivity index is 1.95. The lowest BCUT2D eigenvalue weighted by Crippen LogP contribution is -2.13. The summed E-state index contributed by atoms with van der Waals surface area (Å²) in [5.74, 6) is -0.749. The van der Waals surface area contributed by atoms with Gasteiger partial charge in [-0.05, 0) is 17.7 Å². The minimum absolute atomic E-state index is 0.109. The molecule has 114 valence electrons. The summed E-state index contributed by atoms with van der Waals surface area (Å²) in [6.07, 6.45) is 0. The topological polar surface area (TPSA) is 50.7 Å². The van der Waals surface area contributed by atoms with E-state index in [1.165, 1.54) is 0 Å². The molecule has 0 unspecified atom stereocenters. The van der Waals surface area contributed by atoms with Gasteiger partial charge in [0.1, 0.15) is 6.61 Å². The SMILES string of the molecule is O=C(OCc1ccccc1)/C(Cl)=N/Nc1c(Cl)cccc1Cl. The summed E-state index contributed by atoms with van der Waals surface area (Å²) < 4.78 is 5.03. The molecule has 0 heterocycles. The van der Waals surface area contributed by atoms with Crippen LogP contribution in [0, 0.1) is 0 Å². The molecule has 0 aromatic heterocycles. The fourth-order valence-corrected chi connectivity index (χ4v) is 2.12. The highest BCUT2D eigenvalue weighted by Gasteiger charge is 2.11. The summed E-state index contributed by atoms with van der Waals surface area (Å²) in [6.45, 7) is 0.109. The van der Waals surface area contributed by atoms with Gasteiger partial charge >= 0.3 is 5.97 Å². The number of hydrazone groups is 1. The number of benzene rings is 2. The van der Waals surface area contributed by atoms with Crippen molar-refractivity contribution in [2.75, 3.05) is 5.43 Å². The molecular formula is C15H11Cl3N2O2. The highest BCUT2D eigenvalue weighted by atomic mass is 35.5. The molecule has 22 heavy (non-hydrogen) atoms. The zero-order valence-corrected chi connectivity index (χ0v) is 13.5. The van der Waals surface area contributed by atoms with E-state index in [1.54, 1.807) is 18.2 Å². The maximum atomic E-state index is 11.7. The van der Waals surface area contributed by atoms with Crippen molar-refractivity contribution in [2.45, 2.75) is 6.61 Å². The average molecular weight is 358 g/mol. The van der Waals surface area contributed by atoms with Gasteiger partial charge in [-0.2, -0.15) is 5.10 Å². The highest BCUT2D eigenvalue weighted by Crippen LogP contribution is 2.29. The fraction of sp³-hybridized carbons (Fsp3) is 0.0667. The smallest absolute Gasteiger partial charge is 0.371 e. The van der Waals surface area contributed by atoms with Crippen LogP contribution >= 0.6 is 34.8 Å². The number of ether oxygens (including phenoxy) is 1. The Morgan fingerprint density at radius 3 is 2.32 bits per heavy atom. The molecule has 0 saturated carbocycles. The van der Waals surface area contributed by atoms with E-state index in [0.29, 0.717) is 15.7 Å². The first-order chi connectivity index (χ1) is 10.6. The summed E-state index contributed by atoms with van der Waals surface area (Å²) in [4.78, 5) is 11.7. The van der Waals surface area contributed by atoms with Crippen molar-refractivity contribution in [1.29, 1.82) is 0 Å². The molecule has 2 aromatic rings. The Morgan fingerprint density at radius 2 is 1.68 bits per heavy atom. The minimum atomic E-state index is -0.749. The van der Waals surface area contributed by atoms with Crippen LogP contribution in [0.1, 0.15) is 5.56 Å². The summed E-state index contributed by atoms with van der Waals surface area (Å²) in [6, 6.07) is 14.2. The van der Waals surface area contributed by atoms with Crippen LogP contribution in [0.3, 0.4) is 0 Å². The molecule has 0 atom stereocenters. The van der Waals surface area contributed by atoms with E-state index in [1.807, 2.05) is 30.3 Å². The average Bonchev–Trinajstić information content (AvgIpc) is 2.53. The van der Waals surface area contributed by atoms with E-state index < -0.39 is 5.97 Å². The van der Waals surface area contributed by atoms with Crippen LogP contribution in [0.25, 0.3) is 0 Å². The maximum absolute atomic E-state index is 11.7. The number of rotatable bonds is 5. The molecule has 0 aliphatic carbocycles. The molecule has 0 spiro atoms. The maximum Gasteiger partial charge on any atom is 0.371 e. The number of esters is 1. The number of anilines is 1. The van der Waals surface area contributed by atoms with E-state index in [0.717, 1.165) is 5.56 Å². The molecule has 0 radical (unpaired) electrons. The Morgan fingerprint density at radius 1 is 1.05 bits per heavy atom. The third kappa shape index (κ3) is 4.63. The molecule has 0 aliphatic heterocycles. The molecule has 0 bridgehead atoms. The van der Waals surface area contributed by atoms with E-state index in [2.05, 4.69) is 10.5 Å². The molecule has 0 saturated heterocycles. The standard InChI is InChI=1S/C15H11Cl3N2O2/c16-11-7-4-8-12(17)13(11)19-20-14(18)15(21)22-9-10-5-2-1-3-6-10/h1-8,19H,9H2/b20-14-. The summed E-state index contributed by atoms with van der Waals surface area (Å²) >= 11 is 17.7. The van der Waals surface area contributed by atoms with Crippen molar-refractivity contribution in [3.63, 3.8) is 0 Å². The van der Waals surface area contributed by atoms with Crippen molar-refractivity contribution < 1.29 is 9.53 Å². The van der Waals surface area contributed by atoms with Gasteiger partial charge in [0.15, 0.2) is 0 Å². The van der Waals surface area contributed by atoms with E-state index in [-0.39, 0.29) is 11.8 Å². The lowest BCUT2D eigenvalue weighted by molar-refractivity contribution is -0.136. The summed E-state index contributed by atoms with van der Waals surface area (Å²) in [5, 5.41) is 4.08. The number of carbonyl (C=O) groups excluding carboxylic acids is 1. The van der Waals surface area contributed by atoms with Gasteiger partial charge in [0.25, 0.3) is 0 Å². The van der Waals surface area contributed by atoms with Crippen molar-refractivity contribution in [3.8, 4) is 0 Å². The van der Waals surface area contributed by atoms with E-state index >= 15 is 0 Å².